The van der Waals surface area contributed by atoms with Crippen molar-refractivity contribution in [3.05, 3.63) is 110 Å². The van der Waals surface area contributed by atoms with Crippen molar-refractivity contribution < 1.29 is 9.53 Å². The standard InChI is InChI=1S/C25H23N3O4/c1-27-22-13-10-19(23(29)26-15-17-8-11-20(32-2)12-9-17)14-21(22)24(30)28(25(27)31)16-18-6-4-3-5-7-18/h3-14H,15-16H2,1-2H3,(H,26,29). The number of carbonyl (C=O) groups excluding carboxylic acids is 1. The van der Waals surface area contributed by atoms with E-state index in [0.717, 1.165) is 16.9 Å². The minimum atomic E-state index is -0.420. The van der Waals surface area contributed by atoms with Crippen LogP contribution in [0.2, 0.25) is 0 Å². The molecule has 32 heavy (non-hydrogen) atoms. The van der Waals surface area contributed by atoms with Crippen LogP contribution in [-0.4, -0.2) is 22.2 Å². The number of hydrogen-bond donors (Lipinski definition) is 1. The van der Waals surface area contributed by atoms with Gasteiger partial charge in [-0.05, 0) is 41.5 Å². The Morgan fingerprint density at radius 3 is 2.34 bits per heavy atom. The van der Waals surface area contributed by atoms with Crippen molar-refractivity contribution in [1.82, 2.24) is 14.5 Å². The maximum absolute atomic E-state index is 13.1. The van der Waals surface area contributed by atoms with E-state index in [2.05, 4.69) is 5.32 Å². The van der Waals surface area contributed by atoms with Gasteiger partial charge in [0.1, 0.15) is 5.75 Å². The number of carbonyl (C=O) groups is 1. The van der Waals surface area contributed by atoms with E-state index >= 15 is 0 Å². The van der Waals surface area contributed by atoms with Gasteiger partial charge in [0.25, 0.3) is 11.5 Å². The number of aromatic nitrogens is 2. The van der Waals surface area contributed by atoms with E-state index in [1.807, 2.05) is 54.6 Å². The lowest BCUT2D eigenvalue weighted by Crippen LogP contribution is -2.39. The molecule has 0 aliphatic rings. The van der Waals surface area contributed by atoms with Crippen molar-refractivity contribution in [2.24, 2.45) is 7.05 Å². The predicted molar refractivity (Wildman–Crippen MR) is 123 cm³/mol. The molecule has 1 amide bonds. The topological polar surface area (TPSA) is 82.3 Å². The Kier molecular flexibility index (Phi) is 5.89. The van der Waals surface area contributed by atoms with Gasteiger partial charge in [-0.2, -0.15) is 0 Å². The second-order valence-electron chi connectivity index (χ2n) is 7.48. The highest BCUT2D eigenvalue weighted by Crippen LogP contribution is 2.13. The van der Waals surface area contributed by atoms with Gasteiger partial charge >= 0.3 is 5.69 Å². The Balaban J connectivity index is 1.64. The fourth-order valence-corrected chi connectivity index (χ4v) is 3.59. The summed E-state index contributed by atoms with van der Waals surface area (Å²) in [6.45, 7) is 0.503. The number of ether oxygens (including phenoxy) is 1. The van der Waals surface area contributed by atoms with Gasteiger partial charge in [-0.1, -0.05) is 42.5 Å². The molecule has 0 radical (unpaired) electrons. The summed E-state index contributed by atoms with van der Waals surface area (Å²) in [6.07, 6.45) is 0. The molecule has 0 saturated heterocycles. The Labute approximate surface area is 184 Å². The van der Waals surface area contributed by atoms with Crippen molar-refractivity contribution in [3.8, 4) is 5.75 Å². The first-order chi connectivity index (χ1) is 15.5. The monoisotopic (exact) mass is 429 g/mol. The number of amides is 1. The molecule has 1 heterocycles. The molecule has 0 spiro atoms. The number of aryl methyl sites for hydroxylation is 1. The molecule has 1 N–H and O–H groups in total. The summed E-state index contributed by atoms with van der Waals surface area (Å²) in [5, 5.41) is 3.18. The fourth-order valence-electron chi connectivity index (χ4n) is 3.59. The molecule has 0 bridgehead atoms. The third-order valence-corrected chi connectivity index (χ3v) is 5.41. The van der Waals surface area contributed by atoms with Gasteiger partial charge < -0.3 is 10.1 Å². The molecule has 0 fully saturated rings. The summed E-state index contributed by atoms with van der Waals surface area (Å²) < 4.78 is 7.76. The van der Waals surface area contributed by atoms with Gasteiger partial charge in [-0.3, -0.25) is 18.7 Å². The lowest BCUT2D eigenvalue weighted by Gasteiger charge is -2.12. The number of benzene rings is 3. The maximum atomic E-state index is 13.1. The van der Waals surface area contributed by atoms with E-state index in [4.69, 9.17) is 4.74 Å². The molecule has 7 nitrogen and oxygen atoms in total. The molecule has 3 aromatic carbocycles. The predicted octanol–water partition coefficient (Wildman–Crippen LogP) is 2.69. The van der Waals surface area contributed by atoms with E-state index in [-0.39, 0.29) is 12.5 Å². The van der Waals surface area contributed by atoms with Crippen LogP contribution in [0.3, 0.4) is 0 Å². The Morgan fingerprint density at radius 1 is 0.938 bits per heavy atom. The zero-order valence-electron chi connectivity index (χ0n) is 17.9. The number of rotatable bonds is 6. The van der Waals surface area contributed by atoms with Gasteiger partial charge in [0.2, 0.25) is 0 Å². The van der Waals surface area contributed by atoms with Crippen LogP contribution in [0.1, 0.15) is 21.5 Å². The van der Waals surface area contributed by atoms with Crippen LogP contribution in [0.25, 0.3) is 10.9 Å². The van der Waals surface area contributed by atoms with Gasteiger partial charge in [-0.25, -0.2) is 4.79 Å². The quantitative estimate of drug-likeness (QED) is 0.511. The van der Waals surface area contributed by atoms with Gasteiger partial charge in [0.05, 0.1) is 24.6 Å². The lowest BCUT2D eigenvalue weighted by molar-refractivity contribution is 0.0951. The van der Waals surface area contributed by atoms with Crippen LogP contribution in [-0.2, 0) is 20.1 Å². The summed E-state index contributed by atoms with van der Waals surface area (Å²) >= 11 is 0. The van der Waals surface area contributed by atoms with Gasteiger partial charge in [-0.15, -0.1) is 0 Å². The van der Waals surface area contributed by atoms with Gasteiger partial charge in [0, 0.05) is 19.2 Å². The van der Waals surface area contributed by atoms with Crippen LogP contribution in [0.5, 0.6) is 5.75 Å². The van der Waals surface area contributed by atoms with Gasteiger partial charge in [0.15, 0.2) is 0 Å². The largest absolute Gasteiger partial charge is 0.497 e. The summed E-state index contributed by atoms with van der Waals surface area (Å²) in [6, 6.07) is 21.5. The van der Waals surface area contributed by atoms with Crippen LogP contribution in [0.4, 0.5) is 0 Å². The molecule has 7 heteroatoms. The SMILES string of the molecule is COc1ccc(CNC(=O)c2ccc3c(c2)c(=O)n(Cc2ccccc2)c(=O)n3C)cc1. The van der Waals surface area contributed by atoms with E-state index < -0.39 is 11.2 Å². The zero-order chi connectivity index (χ0) is 22.7. The summed E-state index contributed by atoms with van der Waals surface area (Å²) in [4.78, 5) is 38.6. The lowest BCUT2D eigenvalue weighted by atomic mass is 10.1. The van der Waals surface area contributed by atoms with Crippen LogP contribution < -0.4 is 21.3 Å². The number of fused-ring (bicyclic) bond motifs is 1. The molecule has 1 aromatic heterocycles. The van der Waals surface area contributed by atoms with Crippen LogP contribution in [0, 0.1) is 0 Å². The second-order valence-corrected chi connectivity index (χ2v) is 7.48. The normalized spacial score (nSPS) is 10.8. The third-order valence-electron chi connectivity index (χ3n) is 5.41. The number of methoxy groups -OCH3 is 1. The summed E-state index contributed by atoms with van der Waals surface area (Å²) in [5.41, 5.74) is 1.79. The Bertz CT molecular complexity index is 1390. The van der Waals surface area contributed by atoms with E-state index in [1.54, 1.807) is 32.4 Å². The Morgan fingerprint density at radius 2 is 1.66 bits per heavy atom. The zero-order valence-corrected chi connectivity index (χ0v) is 17.9. The molecule has 0 aliphatic carbocycles. The van der Waals surface area contributed by atoms with E-state index in [1.165, 1.54) is 9.13 Å². The molecule has 162 valence electrons. The molecule has 0 saturated carbocycles. The fraction of sp³-hybridized carbons (Fsp3) is 0.160. The molecule has 0 atom stereocenters. The third kappa shape index (κ3) is 4.18. The molecular formula is C25H23N3O4. The second kappa shape index (κ2) is 8.93. The first-order valence-corrected chi connectivity index (χ1v) is 10.2. The first-order valence-electron chi connectivity index (χ1n) is 10.2. The number of nitrogens with zero attached hydrogens (tertiary/aromatic N) is 2. The minimum Gasteiger partial charge on any atom is -0.497 e. The molecule has 0 unspecified atom stereocenters. The molecule has 4 aromatic rings. The number of nitrogens with one attached hydrogen (secondary N) is 1. The van der Waals surface area contributed by atoms with Crippen LogP contribution >= 0.6 is 0 Å². The van der Waals surface area contributed by atoms with Crippen molar-refractivity contribution in [3.63, 3.8) is 0 Å². The Hall–Kier alpha value is -4.13. The van der Waals surface area contributed by atoms with Crippen molar-refractivity contribution in [2.75, 3.05) is 7.11 Å². The van der Waals surface area contributed by atoms with E-state index in [0.29, 0.717) is 23.0 Å². The highest BCUT2D eigenvalue weighted by molar-refractivity contribution is 5.97. The minimum absolute atomic E-state index is 0.163. The molecular weight excluding hydrogens is 406 g/mol. The summed E-state index contributed by atoms with van der Waals surface area (Å²) in [5.74, 6) is 0.442. The van der Waals surface area contributed by atoms with Crippen molar-refractivity contribution in [1.29, 1.82) is 0 Å². The van der Waals surface area contributed by atoms with Crippen molar-refractivity contribution >= 4 is 16.8 Å². The highest BCUT2D eigenvalue weighted by atomic mass is 16.5. The average Bonchev–Trinajstić information content (AvgIpc) is 2.84. The maximum Gasteiger partial charge on any atom is 0.331 e. The summed E-state index contributed by atoms with van der Waals surface area (Å²) in [7, 11) is 3.22. The molecule has 0 aliphatic heterocycles. The smallest absolute Gasteiger partial charge is 0.331 e. The van der Waals surface area contributed by atoms with E-state index in [9.17, 15) is 14.4 Å². The van der Waals surface area contributed by atoms with Crippen LogP contribution in [0.15, 0.2) is 82.4 Å². The molecule has 4 rings (SSSR count). The highest BCUT2D eigenvalue weighted by Gasteiger charge is 2.14. The average molecular weight is 429 g/mol. The number of hydrogen-bond acceptors (Lipinski definition) is 4. The van der Waals surface area contributed by atoms with Crippen molar-refractivity contribution in [2.45, 2.75) is 13.1 Å². The first kappa shape index (κ1) is 21.1.